The van der Waals surface area contributed by atoms with Crippen LogP contribution in [0.15, 0.2) is 0 Å². The van der Waals surface area contributed by atoms with Crippen molar-refractivity contribution < 1.29 is 5.11 Å². The van der Waals surface area contributed by atoms with Crippen molar-refractivity contribution in [3.05, 3.63) is 0 Å². The molecule has 0 spiro atoms. The molecule has 0 aromatic heterocycles. The Balaban J connectivity index is 4.40. The average Bonchev–Trinajstić information content (AvgIpc) is 2.01. The molecule has 0 aliphatic heterocycles. The minimum Gasteiger partial charge on any atom is -0.390 e. The molecule has 4 heteroatoms. The Hall–Kier alpha value is 0.410. The fourth-order valence-corrected chi connectivity index (χ4v) is 1.69. The van der Waals surface area contributed by atoms with Crippen LogP contribution in [0.2, 0.25) is 0 Å². The van der Waals surface area contributed by atoms with Crippen LogP contribution in [0.25, 0.3) is 0 Å². The zero-order valence-electron chi connectivity index (χ0n) is 6.51. The van der Waals surface area contributed by atoms with E-state index in [0.717, 1.165) is 0 Å². The van der Waals surface area contributed by atoms with Gasteiger partial charge in [0.25, 0.3) is 0 Å². The van der Waals surface area contributed by atoms with E-state index in [-0.39, 0.29) is 5.92 Å². The van der Waals surface area contributed by atoms with Gasteiger partial charge in [-0.25, -0.2) is 0 Å². The van der Waals surface area contributed by atoms with Crippen LogP contribution >= 0.6 is 31.9 Å². The van der Waals surface area contributed by atoms with Gasteiger partial charge in [-0.2, -0.15) is 5.26 Å². The van der Waals surface area contributed by atoms with Crippen molar-refractivity contribution in [2.24, 2.45) is 5.92 Å². The third kappa shape index (κ3) is 2.73. The second kappa shape index (κ2) is 4.44. The van der Waals surface area contributed by atoms with Crippen LogP contribution in [-0.2, 0) is 0 Å². The highest BCUT2D eigenvalue weighted by Gasteiger charge is 2.36. The van der Waals surface area contributed by atoms with E-state index >= 15 is 0 Å². The third-order valence-corrected chi connectivity index (χ3v) is 4.04. The van der Waals surface area contributed by atoms with Gasteiger partial charge in [-0.05, 0) is 5.92 Å². The molecule has 0 bridgehead atoms. The first-order chi connectivity index (χ1) is 4.98. The smallest absolute Gasteiger partial charge is 0.147 e. The Morgan fingerprint density at radius 1 is 1.64 bits per heavy atom. The second-order valence-corrected chi connectivity index (χ2v) is 4.77. The van der Waals surface area contributed by atoms with Gasteiger partial charge in [-0.1, -0.05) is 45.7 Å². The summed E-state index contributed by atoms with van der Waals surface area (Å²) < 4.78 is -0.846. The fraction of sp³-hybridized carbons (Fsp3) is 0.857. The zero-order chi connectivity index (χ0) is 9.07. The number of rotatable bonds is 3. The highest BCUT2D eigenvalue weighted by molar-refractivity contribution is 9.12. The van der Waals surface area contributed by atoms with E-state index in [1.165, 1.54) is 0 Å². The van der Waals surface area contributed by atoms with Crippen LogP contribution in [0, 0.1) is 17.2 Å². The highest BCUT2D eigenvalue weighted by Crippen LogP contribution is 2.28. The Morgan fingerprint density at radius 2 is 2.09 bits per heavy atom. The normalized spacial score (nSPS) is 19.0. The molecule has 0 aliphatic carbocycles. The quantitative estimate of drug-likeness (QED) is 0.806. The van der Waals surface area contributed by atoms with Gasteiger partial charge in [-0.3, -0.25) is 0 Å². The Morgan fingerprint density at radius 3 is 2.18 bits per heavy atom. The molecule has 0 heterocycles. The lowest BCUT2D eigenvalue weighted by Gasteiger charge is -2.26. The SMILES string of the molecule is CC(C)C(O)C(Br)(C#N)CBr. The summed E-state index contributed by atoms with van der Waals surface area (Å²) in [5.41, 5.74) is 0. The molecular formula is C7H11Br2NO. The standard InChI is InChI=1S/C7H11Br2NO/c1-5(2)6(11)7(9,3-8)4-10/h5-6,11H,3H2,1-2H3. The van der Waals surface area contributed by atoms with Gasteiger partial charge >= 0.3 is 0 Å². The summed E-state index contributed by atoms with van der Waals surface area (Å²) >= 11 is 6.36. The van der Waals surface area contributed by atoms with E-state index in [2.05, 4.69) is 31.9 Å². The van der Waals surface area contributed by atoms with Crippen molar-refractivity contribution in [3.8, 4) is 6.07 Å². The molecule has 0 aliphatic rings. The maximum absolute atomic E-state index is 9.55. The van der Waals surface area contributed by atoms with Crippen molar-refractivity contribution >= 4 is 31.9 Å². The first kappa shape index (κ1) is 11.4. The van der Waals surface area contributed by atoms with Gasteiger partial charge < -0.3 is 5.11 Å². The van der Waals surface area contributed by atoms with Gasteiger partial charge in [0, 0.05) is 5.33 Å². The largest absolute Gasteiger partial charge is 0.390 e. The number of aliphatic hydroxyl groups is 1. The summed E-state index contributed by atoms with van der Waals surface area (Å²) in [6.45, 7) is 3.75. The predicted molar refractivity (Wildman–Crippen MR) is 51.9 cm³/mol. The number of halogens is 2. The van der Waals surface area contributed by atoms with Crippen molar-refractivity contribution in [3.63, 3.8) is 0 Å². The summed E-state index contributed by atoms with van der Waals surface area (Å²) in [4.78, 5) is 0. The minimum absolute atomic E-state index is 0.0755. The molecule has 2 atom stereocenters. The van der Waals surface area contributed by atoms with Crippen LogP contribution < -0.4 is 0 Å². The van der Waals surface area contributed by atoms with E-state index in [9.17, 15) is 5.11 Å². The molecule has 0 saturated carbocycles. The molecule has 0 amide bonds. The Bertz CT molecular complexity index is 166. The minimum atomic E-state index is -0.846. The lowest BCUT2D eigenvalue weighted by Crippen LogP contribution is -2.40. The number of alkyl halides is 2. The number of aliphatic hydroxyl groups excluding tert-OH is 1. The molecule has 0 radical (unpaired) electrons. The van der Waals surface area contributed by atoms with Crippen LogP contribution in [0.5, 0.6) is 0 Å². The molecule has 1 N–H and O–H groups in total. The van der Waals surface area contributed by atoms with Gasteiger partial charge in [0.15, 0.2) is 0 Å². The van der Waals surface area contributed by atoms with Crippen LogP contribution in [-0.4, -0.2) is 20.9 Å². The molecule has 0 aromatic rings. The number of hydrogen-bond donors (Lipinski definition) is 1. The second-order valence-electron chi connectivity index (χ2n) is 2.80. The maximum Gasteiger partial charge on any atom is 0.147 e. The maximum atomic E-state index is 9.55. The molecule has 2 unspecified atom stereocenters. The number of hydrogen-bond acceptors (Lipinski definition) is 2. The molecule has 64 valence electrons. The topological polar surface area (TPSA) is 44.0 Å². The third-order valence-electron chi connectivity index (χ3n) is 1.48. The predicted octanol–water partition coefficient (Wildman–Crippen LogP) is 2.06. The Kier molecular flexibility index (Phi) is 4.60. The van der Waals surface area contributed by atoms with E-state index in [0.29, 0.717) is 5.33 Å². The van der Waals surface area contributed by atoms with Crippen LogP contribution in [0.3, 0.4) is 0 Å². The van der Waals surface area contributed by atoms with Gasteiger partial charge in [-0.15, -0.1) is 0 Å². The van der Waals surface area contributed by atoms with E-state index in [4.69, 9.17) is 5.26 Å². The Labute approximate surface area is 83.9 Å². The van der Waals surface area contributed by atoms with Gasteiger partial charge in [0.2, 0.25) is 0 Å². The highest BCUT2D eigenvalue weighted by atomic mass is 79.9. The average molecular weight is 285 g/mol. The van der Waals surface area contributed by atoms with Gasteiger partial charge in [0.1, 0.15) is 4.32 Å². The lowest BCUT2D eigenvalue weighted by molar-refractivity contribution is 0.111. The molecule has 0 rings (SSSR count). The molecule has 0 saturated heterocycles. The summed E-state index contributed by atoms with van der Waals surface area (Å²) in [7, 11) is 0. The summed E-state index contributed by atoms with van der Waals surface area (Å²) in [6.07, 6.45) is -0.646. The lowest BCUT2D eigenvalue weighted by atomic mass is 9.96. The first-order valence-corrected chi connectivity index (χ1v) is 5.23. The molecule has 0 fully saturated rings. The van der Waals surface area contributed by atoms with Gasteiger partial charge in [0.05, 0.1) is 12.2 Å². The van der Waals surface area contributed by atoms with Crippen molar-refractivity contribution in [2.75, 3.05) is 5.33 Å². The van der Waals surface area contributed by atoms with E-state index in [1.54, 1.807) is 0 Å². The summed E-state index contributed by atoms with van der Waals surface area (Å²) in [5.74, 6) is 0.0755. The van der Waals surface area contributed by atoms with E-state index < -0.39 is 10.4 Å². The first-order valence-electron chi connectivity index (χ1n) is 3.32. The number of nitriles is 1. The molecule has 0 aromatic carbocycles. The van der Waals surface area contributed by atoms with Crippen molar-refractivity contribution in [1.29, 1.82) is 5.26 Å². The number of nitrogens with zero attached hydrogens (tertiary/aromatic N) is 1. The van der Waals surface area contributed by atoms with Crippen LogP contribution in [0.4, 0.5) is 0 Å². The van der Waals surface area contributed by atoms with E-state index in [1.807, 2.05) is 19.9 Å². The molecule has 11 heavy (non-hydrogen) atoms. The zero-order valence-corrected chi connectivity index (χ0v) is 9.68. The van der Waals surface area contributed by atoms with Crippen LogP contribution in [0.1, 0.15) is 13.8 Å². The molecular weight excluding hydrogens is 274 g/mol. The monoisotopic (exact) mass is 283 g/mol. The molecule has 2 nitrogen and oxygen atoms in total. The fourth-order valence-electron chi connectivity index (χ4n) is 0.703. The van der Waals surface area contributed by atoms with Crippen molar-refractivity contribution in [1.82, 2.24) is 0 Å². The summed E-state index contributed by atoms with van der Waals surface area (Å²) in [6, 6.07) is 2.03. The van der Waals surface area contributed by atoms with Crippen molar-refractivity contribution in [2.45, 2.75) is 24.3 Å². The summed E-state index contributed by atoms with van der Waals surface area (Å²) in [5, 5.41) is 18.7.